The third-order valence-corrected chi connectivity index (χ3v) is 3.11. The van der Waals surface area contributed by atoms with Crippen LogP contribution in [-0.4, -0.2) is 21.8 Å². The van der Waals surface area contributed by atoms with Crippen LogP contribution >= 0.6 is 0 Å². The first-order valence-electron chi connectivity index (χ1n) is 6.57. The molecule has 0 bridgehead atoms. The van der Waals surface area contributed by atoms with Crippen LogP contribution in [0.2, 0.25) is 0 Å². The normalized spacial score (nSPS) is 10.7. The van der Waals surface area contributed by atoms with Gasteiger partial charge in [-0.1, -0.05) is 18.2 Å². The Hall–Kier alpha value is -2.46. The fourth-order valence-corrected chi connectivity index (χ4v) is 2.19. The van der Waals surface area contributed by atoms with Crippen molar-refractivity contribution in [2.75, 3.05) is 7.05 Å². The van der Waals surface area contributed by atoms with Gasteiger partial charge in [-0.3, -0.25) is 4.98 Å². The zero-order valence-electron chi connectivity index (χ0n) is 11.3. The van der Waals surface area contributed by atoms with Gasteiger partial charge in [0.2, 0.25) is 0 Å². The molecule has 0 aliphatic heterocycles. The summed E-state index contributed by atoms with van der Waals surface area (Å²) in [6.07, 6.45) is 5.68. The van der Waals surface area contributed by atoms with E-state index < -0.39 is 0 Å². The number of nitrogens with zero attached hydrogens (tertiary/aromatic N) is 3. The standard InChI is InChI=1S/C16H16N4/c1-17-10-14-12-20(15-7-3-2-4-8-15)19-16(14)13-6-5-9-18-11-13/h2-9,11-12,17H,10H2,1H3. The molecule has 100 valence electrons. The van der Waals surface area contributed by atoms with Gasteiger partial charge in [0, 0.05) is 36.3 Å². The molecular formula is C16H16N4. The fourth-order valence-electron chi connectivity index (χ4n) is 2.19. The van der Waals surface area contributed by atoms with E-state index in [-0.39, 0.29) is 0 Å². The van der Waals surface area contributed by atoms with Gasteiger partial charge in [0.15, 0.2) is 0 Å². The number of hydrogen-bond donors (Lipinski definition) is 1. The van der Waals surface area contributed by atoms with Crippen LogP contribution in [0.3, 0.4) is 0 Å². The second-order valence-electron chi connectivity index (χ2n) is 4.56. The van der Waals surface area contributed by atoms with Crippen molar-refractivity contribution in [2.24, 2.45) is 0 Å². The van der Waals surface area contributed by atoms with Crippen LogP contribution in [0.25, 0.3) is 16.9 Å². The van der Waals surface area contributed by atoms with Gasteiger partial charge in [-0.15, -0.1) is 0 Å². The molecule has 0 unspecified atom stereocenters. The zero-order valence-corrected chi connectivity index (χ0v) is 11.3. The number of nitrogens with one attached hydrogen (secondary N) is 1. The molecule has 0 amide bonds. The molecule has 0 atom stereocenters. The first-order valence-corrected chi connectivity index (χ1v) is 6.57. The minimum atomic E-state index is 0.775. The van der Waals surface area contributed by atoms with Crippen LogP contribution in [0.4, 0.5) is 0 Å². The van der Waals surface area contributed by atoms with Crippen LogP contribution in [0.1, 0.15) is 5.56 Å². The number of benzene rings is 1. The van der Waals surface area contributed by atoms with Crippen LogP contribution in [0.5, 0.6) is 0 Å². The molecule has 2 heterocycles. The second kappa shape index (κ2) is 5.67. The monoisotopic (exact) mass is 264 g/mol. The zero-order chi connectivity index (χ0) is 13.8. The minimum Gasteiger partial charge on any atom is -0.316 e. The maximum absolute atomic E-state index is 4.71. The van der Waals surface area contributed by atoms with Gasteiger partial charge in [0.05, 0.1) is 11.4 Å². The molecule has 0 aliphatic rings. The SMILES string of the molecule is CNCc1cn(-c2ccccc2)nc1-c1cccnc1. The van der Waals surface area contributed by atoms with Crippen LogP contribution in [0.15, 0.2) is 61.1 Å². The van der Waals surface area contributed by atoms with Crippen molar-refractivity contribution >= 4 is 0 Å². The lowest BCUT2D eigenvalue weighted by atomic mass is 10.1. The number of hydrogen-bond acceptors (Lipinski definition) is 3. The van der Waals surface area contributed by atoms with Gasteiger partial charge in [0.1, 0.15) is 0 Å². The number of pyridine rings is 1. The van der Waals surface area contributed by atoms with Gasteiger partial charge < -0.3 is 5.32 Å². The van der Waals surface area contributed by atoms with Crippen molar-refractivity contribution in [3.05, 3.63) is 66.6 Å². The maximum atomic E-state index is 4.71. The largest absolute Gasteiger partial charge is 0.316 e. The van der Waals surface area contributed by atoms with Crippen molar-refractivity contribution in [1.29, 1.82) is 0 Å². The molecule has 3 aromatic rings. The van der Waals surface area contributed by atoms with Crippen molar-refractivity contribution in [3.8, 4) is 16.9 Å². The fraction of sp³-hybridized carbons (Fsp3) is 0.125. The van der Waals surface area contributed by atoms with E-state index in [0.717, 1.165) is 29.1 Å². The van der Waals surface area contributed by atoms with E-state index in [1.807, 2.05) is 60.4 Å². The quantitative estimate of drug-likeness (QED) is 0.787. The summed E-state index contributed by atoms with van der Waals surface area (Å²) in [7, 11) is 1.94. The Balaban J connectivity index is 2.08. The molecule has 0 radical (unpaired) electrons. The first-order chi connectivity index (χ1) is 9.88. The molecule has 20 heavy (non-hydrogen) atoms. The Morgan fingerprint density at radius 2 is 1.95 bits per heavy atom. The Bertz CT molecular complexity index is 674. The molecule has 0 spiro atoms. The Kier molecular flexibility index (Phi) is 3.56. The highest BCUT2D eigenvalue weighted by molar-refractivity contribution is 5.62. The maximum Gasteiger partial charge on any atom is 0.0988 e. The van der Waals surface area contributed by atoms with Crippen molar-refractivity contribution < 1.29 is 0 Å². The molecule has 1 aromatic carbocycles. The predicted octanol–water partition coefficient (Wildman–Crippen LogP) is 2.65. The third-order valence-electron chi connectivity index (χ3n) is 3.11. The Morgan fingerprint density at radius 3 is 2.65 bits per heavy atom. The summed E-state index contributed by atoms with van der Waals surface area (Å²) >= 11 is 0. The molecule has 0 saturated carbocycles. The second-order valence-corrected chi connectivity index (χ2v) is 4.56. The molecule has 4 heteroatoms. The molecule has 2 aromatic heterocycles. The number of aromatic nitrogens is 3. The van der Waals surface area contributed by atoms with E-state index >= 15 is 0 Å². The van der Waals surface area contributed by atoms with Crippen molar-refractivity contribution in [1.82, 2.24) is 20.1 Å². The van der Waals surface area contributed by atoms with Gasteiger partial charge in [0.25, 0.3) is 0 Å². The average Bonchev–Trinajstić information content (AvgIpc) is 2.94. The first kappa shape index (κ1) is 12.6. The highest BCUT2D eigenvalue weighted by Crippen LogP contribution is 2.22. The molecule has 0 saturated heterocycles. The highest BCUT2D eigenvalue weighted by Gasteiger charge is 2.11. The summed E-state index contributed by atoms with van der Waals surface area (Å²) in [5.41, 5.74) is 4.22. The predicted molar refractivity (Wildman–Crippen MR) is 79.6 cm³/mol. The van der Waals surface area contributed by atoms with Gasteiger partial charge in [-0.2, -0.15) is 5.10 Å². The lowest BCUT2D eigenvalue weighted by molar-refractivity contribution is 0.817. The average molecular weight is 264 g/mol. The van der Waals surface area contributed by atoms with Gasteiger partial charge >= 0.3 is 0 Å². The molecule has 0 fully saturated rings. The minimum absolute atomic E-state index is 0.775. The van der Waals surface area contributed by atoms with Crippen LogP contribution in [-0.2, 0) is 6.54 Å². The van der Waals surface area contributed by atoms with E-state index in [9.17, 15) is 0 Å². The van der Waals surface area contributed by atoms with Gasteiger partial charge in [-0.05, 0) is 31.3 Å². The third kappa shape index (κ3) is 2.46. The van der Waals surface area contributed by atoms with E-state index in [0.29, 0.717) is 0 Å². The van der Waals surface area contributed by atoms with E-state index in [1.54, 1.807) is 6.20 Å². The smallest absolute Gasteiger partial charge is 0.0988 e. The van der Waals surface area contributed by atoms with Gasteiger partial charge in [-0.25, -0.2) is 4.68 Å². The van der Waals surface area contributed by atoms with Crippen LogP contribution in [0, 0.1) is 0 Å². The van der Waals surface area contributed by atoms with Crippen molar-refractivity contribution in [2.45, 2.75) is 6.54 Å². The lowest BCUT2D eigenvalue weighted by Crippen LogP contribution is -2.05. The van der Waals surface area contributed by atoms with E-state index in [2.05, 4.69) is 16.5 Å². The summed E-state index contributed by atoms with van der Waals surface area (Å²) in [5, 5.41) is 7.89. The van der Waals surface area contributed by atoms with Crippen LogP contribution < -0.4 is 5.32 Å². The summed E-state index contributed by atoms with van der Waals surface area (Å²) < 4.78 is 1.91. The summed E-state index contributed by atoms with van der Waals surface area (Å²) in [4.78, 5) is 4.17. The lowest BCUT2D eigenvalue weighted by Gasteiger charge is -2.00. The molecule has 3 rings (SSSR count). The highest BCUT2D eigenvalue weighted by atomic mass is 15.3. The Labute approximate surface area is 118 Å². The molecule has 4 nitrogen and oxygen atoms in total. The molecular weight excluding hydrogens is 248 g/mol. The van der Waals surface area contributed by atoms with E-state index in [1.165, 1.54) is 0 Å². The molecule has 1 N–H and O–H groups in total. The summed E-state index contributed by atoms with van der Waals surface area (Å²) in [5.74, 6) is 0. The summed E-state index contributed by atoms with van der Waals surface area (Å²) in [6, 6.07) is 14.1. The topological polar surface area (TPSA) is 42.7 Å². The number of rotatable bonds is 4. The number of para-hydroxylation sites is 1. The molecule has 0 aliphatic carbocycles. The summed E-state index contributed by atoms with van der Waals surface area (Å²) in [6.45, 7) is 0.775. The van der Waals surface area contributed by atoms with Crippen molar-refractivity contribution in [3.63, 3.8) is 0 Å². The Morgan fingerprint density at radius 1 is 1.10 bits per heavy atom. The van der Waals surface area contributed by atoms with E-state index in [4.69, 9.17) is 5.10 Å².